The van der Waals surface area contributed by atoms with E-state index in [1.165, 1.54) is 0 Å². The monoisotopic (exact) mass is 182 g/mol. The molecular weight excluding hydrogens is 176 g/mol. The summed E-state index contributed by atoms with van der Waals surface area (Å²) >= 11 is 0. The molecule has 0 aliphatic heterocycles. The first-order valence-corrected chi connectivity index (χ1v) is 0. The van der Waals surface area contributed by atoms with Crippen molar-refractivity contribution in [2.45, 2.75) is 0 Å². The van der Waals surface area contributed by atoms with Gasteiger partial charge in [-0.25, -0.2) is 0 Å². The van der Waals surface area contributed by atoms with E-state index in [2.05, 4.69) is 0 Å². The average molecular weight is 181 g/mol. The van der Waals surface area contributed by atoms with Crippen LogP contribution in [0.3, 0.4) is 0 Å². The van der Waals surface area contributed by atoms with Gasteiger partial charge in [0, 0.05) is 0 Å². The number of hydrogen-bond donors (Lipinski definition) is 0. The van der Waals surface area contributed by atoms with Crippen LogP contribution in [-0.2, 0) is 0 Å². The molecular formula is H5F3Sn. The predicted molar refractivity (Wildman–Crippen MR) is 16.1 cm³/mol. The average Bonchev–Trinajstić information content (AvgIpc) is 0. The second kappa shape index (κ2) is 69.4. The van der Waals surface area contributed by atoms with Crippen LogP contribution in [0.1, 0.15) is 0 Å². The van der Waals surface area contributed by atoms with E-state index >= 15 is 0 Å². The maximum atomic E-state index is 0. The third kappa shape index (κ3) is 18.9. The molecule has 0 bridgehead atoms. The second-order valence-corrected chi connectivity index (χ2v) is 0. The summed E-state index contributed by atoms with van der Waals surface area (Å²) in [7, 11) is 0. The van der Waals surface area contributed by atoms with Crippen LogP contribution < -0.4 is 0 Å². The van der Waals surface area contributed by atoms with Gasteiger partial charge in [-0.15, -0.1) is 0 Å². The molecule has 0 nitrogen and oxygen atoms in total. The van der Waals surface area contributed by atoms with Gasteiger partial charge in [0.05, 0.1) is 0 Å². The molecule has 0 saturated heterocycles. The summed E-state index contributed by atoms with van der Waals surface area (Å²) in [4.78, 5) is 0. The van der Waals surface area contributed by atoms with E-state index < -0.39 is 0 Å². The fraction of sp³-hybridized carbons (Fsp3) is 0. The van der Waals surface area contributed by atoms with Crippen molar-refractivity contribution in [3.8, 4) is 0 Å². The van der Waals surface area contributed by atoms with Gasteiger partial charge < -0.3 is 0 Å². The van der Waals surface area contributed by atoms with Crippen LogP contribution in [0, 0.1) is 0 Å². The number of hydrogen-bond acceptors (Lipinski definition) is 0. The first kappa shape index (κ1) is 171. The summed E-state index contributed by atoms with van der Waals surface area (Å²) in [6.45, 7) is 0. The summed E-state index contributed by atoms with van der Waals surface area (Å²) in [6.07, 6.45) is 0. The maximum absolute atomic E-state index is 0. The van der Waals surface area contributed by atoms with Crippen LogP contribution in [-0.4, -0.2) is 23.9 Å². The molecule has 0 saturated carbocycles. The fourth-order valence-electron chi connectivity index (χ4n) is 0. The van der Waals surface area contributed by atoms with E-state index in [-0.39, 0.29) is 38.0 Å². The molecule has 0 heterocycles. The summed E-state index contributed by atoms with van der Waals surface area (Å²) < 4.78 is 0. The quantitative estimate of drug-likeness (QED) is 0.443. The molecule has 30 valence electrons. The summed E-state index contributed by atoms with van der Waals surface area (Å²) in [5.74, 6) is 0. The van der Waals surface area contributed by atoms with E-state index in [9.17, 15) is 0 Å². The van der Waals surface area contributed by atoms with Gasteiger partial charge in [-0.2, -0.15) is 0 Å². The Labute approximate surface area is 38.6 Å². The normalized spacial score (nSPS) is 0. The minimum absolute atomic E-state index is 0. The molecule has 0 atom stereocenters. The Morgan fingerprint density at radius 3 is 0.500 bits per heavy atom. The van der Waals surface area contributed by atoms with Crippen molar-refractivity contribution in [2.75, 3.05) is 0 Å². The van der Waals surface area contributed by atoms with Crippen LogP contribution in [0.5, 0.6) is 0 Å². The Bertz CT molecular complexity index is 3.25. The van der Waals surface area contributed by atoms with Gasteiger partial charge in [-0.05, 0) is 0 Å². The van der Waals surface area contributed by atoms with Gasteiger partial charge >= 0.3 is 23.9 Å². The summed E-state index contributed by atoms with van der Waals surface area (Å²) in [5.41, 5.74) is 0. The third-order valence-corrected chi connectivity index (χ3v) is 0. The summed E-state index contributed by atoms with van der Waals surface area (Å²) in [6, 6.07) is 0. The number of halogens is 3. The topological polar surface area (TPSA) is 0 Å². The molecule has 0 aromatic rings. The van der Waals surface area contributed by atoms with Crippen LogP contribution in [0.15, 0.2) is 0 Å². The van der Waals surface area contributed by atoms with E-state index in [0.29, 0.717) is 0 Å². The molecule has 0 N–H and O–H groups in total. The SMILES string of the molecule is F.F.F.[SnH2]. The molecule has 0 unspecified atom stereocenters. The molecule has 0 aliphatic rings. The van der Waals surface area contributed by atoms with Crippen LogP contribution in [0.2, 0.25) is 0 Å². The second-order valence-electron chi connectivity index (χ2n) is 0. The van der Waals surface area contributed by atoms with Crippen molar-refractivity contribution in [3.63, 3.8) is 0 Å². The molecule has 4 heavy (non-hydrogen) atoms. The van der Waals surface area contributed by atoms with Crippen LogP contribution in [0.25, 0.3) is 0 Å². The molecule has 0 amide bonds. The molecule has 0 spiro atoms. The zero-order valence-electron chi connectivity index (χ0n) is 1.93. The molecule has 4 heteroatoms. The van der Waals surface area contributed by atoms with Gasteiger partial charge in [0.2, 0.25) is 0 Å². The zero-order valence-corrected chi connectivity index (χ0v) is 5.97. The van der Waals surface area contributed by atoms with Crippen molar-refractivity contribution >= 4 is 23.9 Å². The van der Waals surface area contributed by atoms with E-state index in [1.807, 2.05) is 0 Å². The van der Waals surface area contributed by atoms with Gasteiger partial charge in [0.15, 0.2) is 0 Å². The van der Waals surface area contributed by atoms with Gasteiger partial charge in [-0.3, -0.25) is 14.1 Å². The van der Waals surface area contributed by atoms with Crippen molar-refractivity contribution in [1.29, 1.82) is 0 Å². The first-order valence-electron chi connectivity index (χ1n) is 0. The molecule has 2 radical (unpaired) electrons. The first-order chi connectivity index (χ1) is 0. The van der Waals surface area contributed by atoms with Gasteiger partial charge in [0.25, 0.3) is 0 Å². The fourth-order valence-corrected chi connectivity index (χ4v) is 0. The zero-order chi connectivity index (χ0) is 0. The molecule has 0 aliphatic carbocycles. The Morgan fingerprint density at radius 2 is 0.500 bits per heavy atom. The van der Waals surface area contributed by atoms with Crippen molar-refractivity contribution in [3.05, 3.63) is 0 Å². The van der Waals surface area contributed by atoms with E-state index in [1.54, 1.807) is 0 Å². The Hall–Kier alpha value is 0.589. The number of rotatable bonds is 0. The Balaban J connectivity index is 0. The van der Waals surface area contributed by atoms with Gasteiger partial charge in [0.1, 0.15) is 0 Å². The van der Waals surface area contributed by atoms with E-state index in [0.717, 1.165) is 0 Å². The third-order valence-electron chi connectivity index (χ3n) is 0. The molecule has 0 aromatic carbocycles. The Kier molecular flexibility index (Phi) is 2960. The standard InChI is InChI=1S/3FH.Sn.2H/h3*1H;;;. The molecule has 0 aromatic heterocycles. The van der Waals surface area contributed by atoms with E-state index in [4.69, 9.17) is 0 Å². The predicted octanol–water partition coefficient (Wildman–Crippen LogP) is -0.459. The summed E-state index contributed by atoms with van der Waals surface area (Å²) in [5, 5.41) is 0. The minimum atomic E-state index is 0. The van der Waals surface area contributed by atoms with Crippen molar-refractivity contribution in [1.82, 2.24) is 0 Å². The molecule has 0 fully saturated rings. The van der Waals surface area contributed by atoms with Crippen molar-refractivity contribution < 1.29 is 14.1 Å². The van der Waals surface area contributed by atoms with Crippen molar-refractivity contribution in [2.24, 2.45) is 0 Å². The molecule has 0 rings (SSSR count). The Morgan fingerprint density at radius 1 is 0.500 bits per heavy atom. The van der Waals surface area contributed by atoms with Crippen LogP contribution >= 0.6 is 0 Å². The van der Waals surface area contributed by atoms with Gasteiger partial charge in [-0.1, -0.05) is 0 Å². The van der Waals surface area contributed by atoms with Crippen LogP contribution in [0.4, 0.5) is 14.1 Å².